The second-order valence-electron chi connectivity index (χ2n) is 9.28. The van der Waals surface area contributed by atoms with E-state index in [9.17, 15) is 0 Å². The summed E-state index contributed by atoms with van der Waals surface area (Å²) in [5, 5.41) is 2.13. The van der Waals surface area contributed by atoms with Gasteiger partial charge in [-0.05, 0) is 25.2 Å². The summed E-state index contributed by atoms with van der Waals surface area (Å²) >= 11 is 1.75. The van der Waals surface area contributed by atoms with Gasteiger partial charge >= 0.3 is 0 Å². The van der Waals surface area contributed by atoms with Gasteiger partial charge in [-0.15, -0.1) is 0 Å². The van der Waals surface area contributed by atoms with Crippen LogP contribution in [0.2, 0.25) is 0 Å². The third kappa shape index (κ3) is 13.1. The zero-order valence-corrected chi connectivity index (χ0v) is 20.5. The highest BCUT2D eigenvalue weighted by Gasteiger charge is 2.24. The number of hydrogen-bond acceptors (Lipinski definition) is 3. The smallest absolute Gasteiger partial charge is 0.224 e. The third-order valence-corrected chi connectivity index (χ3v) is 7.09. The van der Waals surface area contributed by atoms with Gasteiger partial charge < -0.3 is 9.47 Å². The van der Waals surface area contributed by atoms with E-state index < -0.39 is 0 Å². The molecule has 30 heavy (non-hydrogen) atoms. The van der Waals surface area contributed by atoms with E-state index in [1.165, 1.54) is 96.3 Å². The number of ether oxygens (including phenoxy) is 2. The molecule has 1 aliphatic heterocycles. The van der Waals surface area contributed by atoms with Gasteiger partial charge in [0, 0.05) is 19.6 Å². The Morgan fingerprint density at radius 1 is 0.900 bits per heavy atom. The molecule has 1 fully saturated rings. The van der Waals surface area contributed by atoms with Crippen molar-refractivity contribution in [2.75, 3.05) is 19.8 Å². The molecule has 0 aromatic carbocycles. The summed E-state index contributed by atoms with van der Waals surface area (Å²) in [6.07, 6.45) is 24.6. The van der Waals surface area contributed by atoms with E-state index in [0.717, 1.165) is 38.7 Å². The summed E-state index contributed by atoms with van der Waals surface area (Å²) in [5.74, 6) is 0.775. The molecule has 0 aliphatic carbocycles. The van der Waals surface area contributed by atoms with Gasteiger partial charge in [-0.25, -0.2) is 0 Å². The molecule has 0 bridgehead atoms. The second-order valence-corrected chi connectivity index (χ2v) is 10.0. The minimum absolute atomic E-state index is 0.346. The van der Waals surface area contributed by atoms with Gasteiger partial charge in [0.1, 0.15) is 6.54 Å². The van der Waals surface area contributed by atoms with Crippen LogP contribution in [0.5, 0.6) is 0 Å². The van der Waals surface area contributed by atoms with Crippen molar-refractivity contribution in [1.29, 1.82) is 0 Å². The first-order valence-electron chi connectivity index (χ1n) is 13.0. The summed E-state index contributed by atoms with van der Waals surface area (Å²) in [6, 6.07) is 0. The Labute approximate surface area is 190 Å². The van der Waals surface area contributed by atoms with Crippen LogP contribution in [0.15, 0.2) is 17.1 Å². The highest BCUT2D eigenvalue weighted by molar-refractivity contribution is 7.07. The van der Waals surface area contributed by atoms with Gasteiger partial charge in [-0.3, -0.25) is 0 Å². The first-order valence-corrected chi connectivity index (χ1v) is 13.9. The SMILES string of the molecule is CCCCCCCCCCCCCC[C@@H]1CO[C@@H](COCCCC[n+]2ccsc2)C1. The van der Waals surface area contributed by atoms with Crippen molar-refractivity contribution < 1.29 is 14.0 Å². The summed E-state index contributed by atoms with van der Waals surface area (Å²) in [7, 11) is 0. The van der Waals surface area contributed by atoms with Crippen LogP contribution >= 0.6 is 11.3 Å². The lowest BCUT2D eigenvalue weighted by molar-refractivity contribution is -0.692. The fourth-order valence-corrected chi connectivity index (χ4v) is 5.10. The molecule has 0 spiro atoms. The molecule has 4 heteroatoms. The maximum atomic E-state index is 5.96. The maximum absolute atomic E-state index is 5.96. The normalized spacial score (nSPS) is 19.0. The molecule has 3 nitrogen and oxygen atoms in total. The Kier molecular flexibility index (Phi) is 15.6. The molecule has 0 N–H and O–H groups in total. The van der Waals surface area contributed by atoms with Crippen LogP contribution in [0.4, 0.5) is 0 Å². The predicted molar refractivity (Wildman–Crippen MR) is 128 cm³/mol. The van der Waals surface area contributed by atoms with Crippen molar-refractivity contribution in [3.8, 4) is 0 Å². The molecule has 0 unspecified atom stereocenters. The van der Waals surface area contributed by atoms with Crippen molar-refractivity contribution in [2.24, 2.45) is 5.92 Å². The third-order valence-electron chi connectivity index (χ3n) is 6.42. The van der Waals surface area contributed by atoms with Crippen LogP contribution in [-0.2, 0) is 16.0 Å². The van der Waals surface area contributed by atoms with E-state index >= 15 is 0 Å². The summed E-state index contributed by atoms with van der Waals surface area (Å²) < 4.78 is 14.1. The van der Waals surface area contributed by atoms with Gasteiger partial charge in [0.2, 0.25) is 5.51 Å². The van der Waals surface area contributed by atoms with Gasteiger partial charge in [0.15, 0.2) is 6.20 Å². The number of hydrogen-bond donors (Lipinski definition) is 0. The van der Waals surface area contributed by atoms with Crippen LogP contribution in [0.25, 0.3) is 0 Å². The van der Waals surface area contributed by atoms with Crippen molar-refractivity contribution in [1.82, 2.24) is 0 Å². The fourth-order valence-electron chi connectivity index (χ4n) is 4.47. The molecule has 0 saturated carbocycles. The largest absolute Gasteiger partial charge is 0.379 e. The number of rotatable bonds is 20. The molecule has 2 rings (SSSR count). The zero-order valence-electron chi connectivity index (χ0n) is 19.7. The van der Waals surface area contributed by atoms with E-state index in [0.29, 0.717) is 6.10 Å². The van der Waals surface area contributed by atoms with Crippen LogP contribution in [0.3, 0.4) is 0 Å². The highest BCUT2D eigenvalue weighted by Crippen LogP contribution is 2.25. The van der Waals surface area contributed by atoms with E-state index in [1.807, 2.05) is 0 Å². The molecule has 1 aromatic heterocycles. The molecular formula is C26H48NO2S+. The quantitative estimate of drug-likeness (QED) is 0.157. The first-order chi connectivity index (χ1) is 14.9. The fraction of sp³-hybridized carbons (Fsp3) is 0.885. The predicted octanol–water partition coefficient (Wildman–Crippen LogP) is 7.33. The Morgan fingerprint density at radius 2 is 1.60 bits per heavy atom. The molecule has 2 heterocycles. The van der Waals surface area contributed by atoms with Crippen LogP contribution < -0.4 is 4.57 Å². The lowest BCUT2D eigenvalue weighted by Gasteiger charge is -2.10. The molecule has 1 saturated heterocycles. The first kappa shape index (κ1) is 25.8. The number of nitrogens with zero attached hydrogens (tertiary/aromatic N) is 1. The van der Waals surface area contributed by atoms with E-state index in [1.54, 1.807) is 11.3 Å². The molecule has 0 amide bonds. The lowest BCUT2D eigenvalue weighted by Crippen LogP contribution is -2.29. The Bertz CT molecular complexity index is 479. The molecule has 174 valence electrons. The number of unbranched alkanes of at least 4 members (excludes halogenated alkanes) is 12. The topological polar surface area (TPSA) is 22.3 Å². The molecular weight excluding hydrogens is 390 g/mol. The average molecular weight is 439 g/mol. The monoisotopic (exact) mass is 438 g/mol. The van der Waals surface area contributed by atoms with Gasteiger partial charge in [0.25, 0.3) is 0 Å². The average Bonchev–Trinajstić information content (AvgIpc) is 3.43. The molecule has 0 radical (unpaired) electrons. The van der Waals surface area contributed by atoms with Crippen LogP contribution in [-0.4, -0.2) is 25.9 Å². The molecule has 1 aromatic rings. The molecule has 2 atom stereocenters. The number of aryl methyl sites for hydroxylation is 1. The summed E-state index contributed by atoms with van der Waals surface area (Å²) in [6.45, 7) is 6.02. The number of aromatic nitrogens is 1. The van der Waals surface area contributed by atoms with Crippen LogP contribution in [0.1, 0.15) is 110 Å². The Morgan fingerprint density at radius 3 is 2.27 bits per heavy atom. The van der Waals surface area contributed by atoms with Gasteiger partial charge in [0.05, 0.1) is 18.1 Å². The van der Waals surface area contributed by atoms with Gasteiger partial charge in [-0.1, -0.05) is 95.3 Å². The number of thiazole rings is 1. The van der Waals surface area contributed by atoms with Crippen molar-refractivity contribution >= 4 is 11.3 Å². The Hall–Kier alpha value is -0.450. The van der Waals surface area contributed by atoms with E-state index in [-0.39, 0.29) is 0 Å². The van der Waals surface area contributed by atoms with Crippen molar-refractivity contribution in [3.05, 3.63) is 17.1 Å². The summed E-state index contributed by atoms with van der Waals surface area (Å²) in [5.41, 5.74) is 2.17. The zero-order chi connectivity index (χ0) is 21.1. The maximum Gasteiger partial charge on any atom is 0.224 e. The minimum Gasteiger partial charge on any atom is -0.379 e. The Balaban J connectivity index is 1.30. The second kappa shape index (κ2) is 18.2. The lowest BCUT2D eigenvalue weighted by atomic mass is 9.97. The van der Waals surface area contributed by atoms with Crippen molar-refractivity contribution in [2.45, 2.75) is 122 Å². The standard InChI is InChI=1S/C26H48NO2S/c1-2-3-4-5-6-7-8-9-10-11-12-13-16-25-21-26(29-22-25)23-28-19-15-14-17-27-18-20-30-24-27/h18,20,24-26H,2-17,19,21-23H2,1H3/q+1/t25-,26+/m0/s1. The highest BCUT2D eigenvalue weighted by atomic mass is 32.1. The van der Waals surface area contributed by atoms with E-state index in [4.69, 9.17) is 9.47 Å². The summed E-state index contributed by atoms with van der Waals surface area (Å²) in [4.78, 5) is 0. The van der Waals surface area contributed by atoms with Crippen molar-refractivity contribution in [3.63, 3.8) is 0 Å². The minimum atomic E-state index is 0.346. The van der Waals surface area contributed by atoms with E-state index in [2.05, 4.69) is 28.6 Å². The van der Waals surface area contributed by atoms with Crippen LogP contribution in [0, 0.1) is 5.92 Å². The molecule has 1 aliphatic rings. The van der Waals surface area contributed by atoms with Gasteiger partial charge in [-0.2, -0.15) is 4.57 Å².